The van der Waals surface area contributed by atoms with Gasteiger partial charge in [0.2, 0.25) is 0 Å². The molecule has 2 aromatic carbocycles. The topological polar surface area (TPSA) is 82.5 Å². The molecule has 1 aromatic heterocycles. The summed E-state index contributed by atoms with van der Waals surface area (Å²) in [4.78, 5) is 16.6. The first-order chi connectivity index (χ1) is 18.7. The van der Waals surface area contributed by atoms with Gasteiger partial charge in [-0.1, -0.05) is 41.9 Å². The van der Waals surface area contributed by atoms with Crippen molar-refractivity contribution in [3.8, 4) is 0 Å². The molecule has 3 N–H and O–H groups in total. The van der Waals surface area contributed by atoms with Gasteiger partial charge in [-0.05, 0) is 41.5 Å². The first-order valence-electron chi connectivity index (χ1n) is 11.1. The van der Waals surface area contributed by atoms with E-state index in [0.717, 1.165) is 12.3 Å². The lowest BCUT2D eigenvalue weighted by Crippen LogP contribution is -2.68. The number of alkyl halides is 9. The monoisotopic (exact) mass is 618 g/mol. The predicted molar refractivity (Wildman–Crippen MR) is 123 cm³/mol. The second-order valence-corrected chi connectivity index (χ2v) is 9.18. The fourth-order valence-corrected chi connectivity index (χ4v) is 4.20. The van der Waals surface area contributed by atoms with Crippen molar-refractivity contribution in [3.63, 3.8) is 0 Å². The zero-order valence-electron chi connectivity index (χ0n) is 20.0. The highest BCUT2D eigenvalue weighted by Gasteiger charge is 2.75. The van der Waals surface area contributed by atoms with Crippen LogP contribution in [0.5, 0.6) is 0 Å². The van der Waals surface area contributed by atoms with E-state index in [0.29, 0.717) is 12.1 Å². The molecule has 1 amide bonds. The van der Waals surface area contributed by atoms with Crippen molar-refractivity contribution in [2.45, 2.75) is 35.6 Å². The number of nitrogens with one attached hydrogen (secondary N) is 1. The molecule has 1 heterocycles. The second kappa shape index (κ2) is 11.1. The maximum absolute atomic E-state index is 14.6. The summed E-state index contributed by atoms with van der Waals surface area (Å²) >= 11 is 5.85. The summed E-state index contributed by atoms with van der Waals surface area (Å²) in [5.41, 5.74) is -10.6. The molecule has 0 saturated heterocycles. The van der Waals surface area contributed by atoms with Crippen LogP contribution < -0.4 is 5.32 Å². The number of nitrogens with zero attached hydrogens (tertiary/aromatic N) is 1. The van der Waals surface area contributed by atoms with Crippen molar-refractivity contribution in [1.29, 1.82) is 0 Å². The lowest BCUT2D eigenvalue weighted by Gasteiger charge is -2.38. The maximum atomic E-state index is 14.6. The SMILES string of the molecule is O=C(NCC(c1ccccc1)(c1cc(F)cc(C(F)(F)F)c1)c1ccc(Cl)cn1)C(O)C(O)(C(F)(F)F)C(F)(F)F. The number of carbonyl (C=O) groups is 1. The first-order valence-corrected chi connectivity index (χ1v) is 11.5. The van der Waals surface area contributed by atoms with Gasteiger partial charge in [0, 0.05) is 12.7 Å². The van der Waals surface area contributed by atoms with Gasteiger partial charge in [0.25, 0.3) is 11.5 Å². The summed E-state index contributed by atoms with van der Waals surface area (Å²) in [5, 5.41) is 20.9. The van der Waals surface area contributed by atoms with Gasteiger partial charge in [-0.2, -0.15) is 39.5 Å². The Labute approximate surface area is 229 Å². The standard InChI is InChI=1S/C25H17ClF10N2O3/c26-16-6-7-18(37-11-16)21(13-4-2-1-3-5-13,14-8-15(23(28,29)30)10-17(27)9-14)12-38-20(40)19(39)22(41,24(31,32)33)25(34,35)36/h1-11,19,39,41H,12H2,(H,38,40). The number of pyridine rings is 1. The van der Waals surface area contributed by atoms with Crippen LogP contribution in [0.2, 0.25) is 5.02 Å². The Balaban J connectivity index is 2.26. The molecular weight excluding hydrogens is 602 g/mol. The average molecular weight is 619 g/mol. The van der Waals surface area contributed by atoms with Crippen molar-refractivity contribution in [1.82, 2.24) is 10.3 Å². The average Bonchev–Trinajstić information content (AvgIpc) is 2.87. The van der Waals surface area contributed by atoms with Crippen molar-refractivity contribution >= 4 is 17.5 Å². The Bertz CT molecular complexity index is 1370. The molecule has 0 aliphatic rings. The zero-order valence-corrected chi connectivity index (χ0v) is 20.8. The van der Waals surface area contributed by atoms with Crippen LogP contribution in [0.3, 0.4) is 0 Å². The van der Waals surface area contributed by atoms with Gasteiger partial charge in [-0.15, -0.1) is 0 Å². The highest BCUT2D eigenvalue weighted by atomic mass is 35.5. The Kier molecular flexibility index (Phi) is 8.69. The quantitative estimate of drug-likeness (QED) is 0.303. The zero-order chi connectivity index (χ0) is 31.0. The van der Waals surface area contributed by atoms with Gasteiger partial charge < -0.3 is 15.5 Å². The molecule has 2 atom stereocenters. The molecule has 0 aliphatic heterocycles. The minimum Gasteiger partial charge on any atom is -0.380 e. The minimum absolute atomic E-state index is 0.00538. The predicted octanol–water partition coefficient (Wildman–Crippen LogP) is 5.56. The third-order valence-corrected chi connectivity index (χ3v) is 6.41. The number of aromatic nitrogens is 1. The Hall–Kier alpha value is -3.43. The second-order valence-electron chi connectivity index (χ2n) is 8.74. The van der Waals surface area contributed by atoms with Gasteiger partial charge >= 0.3 is 18.5 Å². The van der Waals surface area contributed by atoms with Crippen LogP contribution in [0.25, 0.3) is 0 Å². The van der Waals surface area contributed by atoms with E-state index in [9.17, 15) is 58.9 Å². The summed E-state index contributed by atoms with van der Waals surface area (Å²) in [5.74, 6) is -3.83. The Morgan fingerprint density at radius 3 is 1.90 bits per heavy atom. The number of aliphatic hydroxyl groups is 2. The molecular formula is C25H17ClF10N2O3. The highest BCUT2D eigenvalue weighted by Crippen LogP contribution is 2.46. The molecule has 0 fully saturated rings. The number of hydrogen-bond donors (Lipinski definition) is 3. The summed E-state index contributed by atoms with van der Waals surface area (Å²) in [6.07, 6.45) is -21.4. The molecule has 0 radical (unpaired) electrons. The number of halogens is 11. The van der Waals surface area contributed by atoms with Crippen LogP contribution in [-0.2, 0) is 16.4 Å². The fraction of sp³-hybridized carbons (Fsp3) is 0.280. The number of rotatable bonds is 7. The number of amides is 1. The van der Waals surface area contributed by atoms with Crippen LogP contribution in [0.15, 0.2) is 66.9 Å². The van der Waals surface area contributed by atoms with Crippen LogP contribution in [-0.4, -0.2) is 51.7 Å². The molecule has 3 rings (SSSR count). The number of aliphatic hydroxyl groups excluding tert-OH is 1. The van der Waals surface area contributed by atoms with E-state index in [1.54, 1.807) is 5.32 Å². The van der Waals surface area contributed by atoms with Gasteiger partial charge in [0.05, 0.1) is 21.7 Å². The third-order valence-electron chi connectivity index (χ3n) is 6.19. The summed E-state index contributed by atoms with van der Waals surface area (Å²) < 4.78 is 135. The third kappa shape index (κ3) is 6.11. The molecule has 0 saturated carbocycles. The van der Waals surface area contributed by atoms with Crippen molar-refractivity contribution in [2.24, 2.45) is 0 Å². The lowest BCUT2D eigenvalue weighted by molar-refractivity contribution is -0.386. The molecule has 16 heteroatoms. The largest absolute Gasteiger partial charge is 0.429 e. The Morgan fingerprint density at radius 2 is 1.41 bits per heavy atom. The van der Waals surface area contributed by atoms with E-state index in [4.69, 9.17) is 11.6 Å². The van der Waals surface area contributed by atoms with Crippen LogP contribution in [0.4, 0.5) is 43.9 Å². The minimum atomic E-state index is -6.58. The Morgan fingerprint density at radius 1 is 0.854 bits per heavy atom. The molecule has 3 aromatic rings. The van der Waals surface area contributed by atoms with Gasteiger partial charge in [0.15, 0.2) is 6.10 Å². The van der Waals surface area contributed by atoms with E-state index in [-0.39, 0.29) is 22.3 Å². The summed E-state index contributed by atoms with van der Waals surface area (Å²) in [7, 11) is 0. The van der Waals surface area contributed by atoms with Crippen molar-refractivity contribution in [3.05, 3.63) is 100 Å². The summed E-state index contributed by atoms with van der Waals surface area (Å²) in [6, 6.07) is 10.2. The van der Waals surface area contributed by atoms with Crippen molar-refractivity contribution in [2.75, 3.05) is 6.54 Å². The van der Waals surface area contributed by atoms with Gasteiger partial charge in [0.1, 0.15) is 5.82 Å². The normalized spacial score (nSPS) is 15.2. The van der Waals surface area contributed by atoms with E-state index >= 15 is 0 Å². The number of carbonyl (C=O) groups excluding carboxylic acids is 1. The van der Waals surface area contributed by atoms with Crippen LogP contribution in [0.1, 0.15) is 22.4 Å². The molecule has 0 bridgehead atoms. The number of benzene rings is 2. The molecule has 2 unspecified atom stereocenters. The van der Waals surface area contributed by atoms with E-state index in [1.807, 2.05) is 0 Å². The van der Waals surface area contributed by atoms with Crippen molar-refractivity contribution < 1.29 is 58.9 Å². The van der Waals surface area contributed by atoms with Gasteiger partial charge in [-0.25, -0.2) is 4.39 Å². The molecule has 0 aliphatic carbocycles. The molecule has 41 heavy (non-hydrogen) atoms. The van der Waals surface area contributed by atoms with E-state index in [2.05, 4.69) is 4.98 Å². The smallest absolute Gasteiger partial charge is 0.380 e. The molecule has 5 nitrogen and oxygen atoms in total. The number of hydrogen-bond acceptors (Lipinski definition) is 4. The molecule has 0 spiro atoms. The van der Waals surface area contributed by atoms with Crippen LogP contribution >= 0.6 is 11.6 Å². The summed E-state index contributed by atoms with van der Waals surface area (Å²) in [6.45, 7) is -1.17. The molecule has 222 valence electrons. The lowest BCUT2D eigenvalue weighted by atomic mass is 9.71. The van der Waals surface area contributed by atoms with Gasteiger partial charge in [-0.3, -0.25) is 9.78 Å². The fourth-order valence-electron chi connectivity index (χ4n) is 4.08. The van der Waals surface area contributed by atoms with E-state index < -0.39 is 65.0 Å². The first kappa shape index (κ1) is 32.1. The highest BCUT2D eigenvalue weighted by molar-refractivity contribution is 6.30. The maximum Gasteiger partial charge on any atom is 0.429 e. The van der Waals surface area contributed by atoms with Crippen LogP contribution in [0, 0.1) is 5.82 Å². The van der Waals surface area contributed by atoms with E-state index in [1.165, 1.54) is 36.4 Å².